The Kier molecular flexibility index (Phi) is 4.80. The lowest BCUT2D eigenvalue weighted by atomic mass is 10.1. The van der Waals surface area contributed by atoms with Crippen LogP contribution in [0.5, 0.6) is 0 Å². The highest BCUT2D eigenvalue weighted by atomic mass is 32.2. The maximum Gasteiger partial charge on any atom is 0.241 e. The summed E-state index contributed by atoms with van der Waals surface area (Å²) in [7, 11) is 0. The molecule has 1 saturated heterocycles. The zero-order chi connectivity index (χ0) is 14.5. The van der Waals surface area contributed by atoms with E-state index >= 15 is 0 Å². The number of benzene rings is 1. The highest BCUT2D eigenvalue weighted by Gasteiger charge is 2.22. The van der Waals surface area contributed by atoms with E-state index in [1.54, 1.807) is 11.8 Å². The van der Waals surface area contributed by atoms with E-state index in [4.69, 9.17) is 0 Å². The normalized spacial score (nSPS) is 22.0. The number of likely N-dealkylation sites (tertiary alicyclic amines) is 1. The van der Waals surface area contributed by atoms with Crippen LogP contribution in [0.1, 0.15) is 30.1 Å². The van der Waals surface area contributed by atoms with Crippen LogP contribution in [0.2, 0.25) is 0 Å². The predicted molar refractivity (Wildman–Crippen MR) is 87.5 cm³/mol. The number of amides is 1. The van der Waals surface area contributed by atoms with Gasteiger partial charge in [-0.15, -0.1) is 0 Å². The van der Waals surface area contributed by atoms with Crippen LogP contribution in [0, 0.1) is 0 Å². The molecule has 0 aliphatic carbocycles. The second kappa shape index (κ2) is 6.98. The summed E-state index contributed by atoms with van der Waals surface area (Å²) >= 11 is 1.72. The van der Waals surface area contributed by atoms with Gasteiger partial charge in [0, 0.05) is 13.1 Å². The fraction of sp³-hybridized carbons (Fsp3) is 0.500. The minimum atomic E-state index is 0.196. The van der Waals surface area contributed by atoms with E-state index in [0.717, 1.165) is 37.6 Å². The number of rotatable bonds is 3. The standard InChI is InChI=1S/C16H21N3OS/c20-15(19-9-5-2-6-10-19)12-18-16-17-11-14(21-16)13-7-3-1-4-8-13/h1,3-4,7-8,14H,2,5-6,9-12H2,(H,17,18). The fourth-order valence-corrected chi connectivity index (χ4v) is 3.74. The van der Waals surface area contributed by atoms with Crippen LogP contribution < -0.4 is 5.32 Å². The molecule has 1 unspecified atom stereocenters. The number of hydrogen-bond donors (Lipinski definition) is 1. The summed E-state index contributed by atoms with van der Waals surface area (Å²) in [5, 5.41) is 4.47. The van der Waals surface area contributed by atoms with Gasteiger partial charge in [-0.3, -0.25) is 9.79 Å². The maximum atomic E-state index is 12.1. The van der Waals surface area contributed by atoms with Crippen LogP contribution in [-0.2, 0) is 4.79 Å². The highest BCUT2D eigenvalue weighted by Crippen LogP contribution is 2.34. The van der Waals surface area contributed by atoms with Crippen molar-refractivity contribution < 1.29 is 4.79 Å². The molecular formula is C16H21N3OS. The number of thioether (sulfide) groups is 1. The molecule has 2 aliphatic rings. The van der Waals surface area contributed by atoms with E-state index < -0.39 is 0 Å². The minimum absolute atomic E-state index is 0.196. The summed E-state index contributed by atoms with van der Waals surface area (Å²) in [6.07, 6.45) is 3.52. The Morgan fingerprint density at radius 3 is 2.76 bits per heavy atom. The van der Waals surface area contributed by atoms with Crippen molar-refractivity contribution in [2.75, 3.05) is 26.2 Å². The first-order chi connectivity index (χ1) is 10.3. The van der Waals surface area contributed by atoms with Crippen LogP contribution in [0.4, 0.5) is 0 Å². The van der Waals surface area contributed by atoms with Crippen LogP contribution >= 0.6 is 11.8 Å². The molecule has 0 radical (unpaired) electrons. The second-order valence-corrected chi connectivity index (χ2v) is 6.65. The van der Waals surface area contributed by atoms with E-state index in [0.29, 0.717) is 11.8 Å². The minimum Gasteiger partial charge on any atom is -0.356 e. The molecule has 4 nitrogen and oxygen atoms in total. The molecular weight excluding hydrogens is 282 g/mol. The Bertz CT molecular complexity index is 512. The molecule has 21 heavy (non-hydrogen) atoms. The van der Waals surface area contributed by atoms with Gasteiger partial charge in [0.2, 0.25) is 5.91 Å². The zero-order valence-electron chi connectivity index (χ0n) is 12.1. The molecule has 1 N–H and O–H groups in total. The molecule has 1 aromatic rings. The van der Waals surface area contributed by atoms with Gasteiger partial charge in [-0.25, -0.2) is 0 Å². The summed E-state index contributed by atoms with van der Waals surface area (Å²) in [4.78, 5) is 18.6. The quantitative estimate of drug-likeness (QED) is 0.933. The van der Waals surface area contributed by atoms with Gasteiger partial charge in [-0.05, 0) is 24.8 Å². The van der Waals surface area contributed by atoms with Crippen LogP contribution in [0.25, 0.3) is 0 Å². The molecule has 3 rings (SSSR count). The molecule has 2 heterocycles. The molecule has 0 saturated carbocycles. The van der Waals surface area contributed by atoms with Crippen molar-refractivity contribution in [3.8, 4) is 0 Å². The number of aliphatic imine (C=N–C) groups is 1. The number of hydrogen-bond acceptors (Lipinski definition) is 4. The van der Waals surface area contributed by atoms with Gasteiger partial charge in [0.25, 0.3) is 0 Å². The monoisotopic (exact) mass is 303 g/mol. The smallest absolute Gasteiger partial charge is 0.241 e. The Hall–Kier alpha value is -1.49. The summed E-state index contributed by atoms with van der Waals surface area (Å²) in [5.74, 6) is 0.196. The van der Waals surface area contributed by atoms with Gasteiger partial charge in [-0.2, -0.15) is 0 Å². The summed E-state index contributed by atoms with van der Waals surface area (Å²) in [5.41, 5.74) is 1.30. The van der Waals surface area contributed by atoms with Gasteiger partial charge in [0.15, 0.2) is 5.17 Å². The van der Waals surface area contributed by atoms with Crippen molar-refractivity contribution in [2.24, 2.45) is 4.99 Å². The Labute approximate surface area is 130 Å². The highest BCUT2D eigenvalue weighted by molar-refractivity contribution is 8.14. The maximum absolute atomic E-state index is 12.1. The summed E-state index contributed by atoms with van der Waals surface area (Å²) in [6, 6.07) is 10.4. The molecule has 0 spiro atoms. The van der Waals surface area contributed by atoms with Gasteiger partial charge in [0.1, 0.15) is 0 Å². The van der Waals surface area contributed by atoms with E-state index in [1.165, 1.54) is 12.0 Å². The van der Waals surface area contributed by atoms with Crippen molar-refractivity contribution >= 4 is 22.8 Å². The summed E-state index contributed by atoms with van der Waals surface area (Å²) in [6.45, 7) is 2.97. The van der Waals surface area contributed by atoms with Crippen molar-refractivity contribution in [2.45, 2.75) is 24.5 Å². The number of piperidine rings is 1. The van der Waals surface area contributed by atoms with Crippen molar-refractivity contribution in [1.82, 2.24) is 10.2 Å². The molecule has 112 valence electrons. The zero-order valence-corrected chi connectivity index (χ0v) is 12.9. The third-order valence-corrected chi connectivity index (χ3v) is 5.13. The van der Waals surface area contributed by atoms with E-state index in [1.807, 2.05) is 11.0 Å². The lowest BCUT2D eigenvalue weighted by Crippen LogP contribution is -2.41. The molecule has 5 heteroatoms. The second-order valence-electron chi connectivity index (χ2n) is 5.46. The Balaban J connectivity index is 1.45. The van der Waals surface area contributed by atoms with Crippen LogP contribution in [-0.4, -0.2) is 42.2 Å². The molecule has 1 amide bonds. The van der Waals surface area contributed by atoms with E-state index in [2.05, 4.69) is 34.6 Å². The average Bonchev–Trinajstić information content (AvgIpc) is 3.03. The largest absolute Gasteiger partial charge is 0.356 e. The first-order valence-corrected chi connectivity index (χ1v) is 8.48. The van der Waals surface area contributed by atoms with Crippen molar-refractivity contribution in [3.05, 3.63) is 35.9 Å². The number of carbonyl (C=O) groups is 1. The van der Waals surface area contributed by atoms with Gasteiger partial charge in [-0.1, -0.05) is 42.1 Å². The number of nitrogens with zero attached hydrogens (tertiary/aromatic N) is 2. The van der Waals surface area contributed by atoms with E-state index in [-0.39, 0.29) is 5.91 Å². The van der Waals surface area contributed by atoms with E-state index in [9.17, 15) is 4.79 Å². The first kappa shape index (κ1) is 14.4. The van der Waals surface area contributed by atoms with Crippen molar-refractivity contribution in [3.63, 3.8) is 0 Å². The van der Waals surface area contributed by atoms with Gasteiger partial charge < -0.3 is 10.2 Å². The van der Waals surface area contributed by atoms with Crippen molar-refractivity contribution in [1.29, 1.82) is 0 Å². The Morgan fingerprint density at radius 1 is 1.24 bits per heavy atom. The topological polar surface area (TPSA) is 44.7 Å². The summed E-state index contributed by atoms with van der Waals surface area (Å²) < 4.78 is 0. The number of nitrogens with one attached hydrogen (secondary N) is 1. The fourth-order valence-electron chi connectivity index (χ4n) is 2.72. The molecule has 2 aliphatic heterocycles. The lowest BCUT2D eigenvalue weighted by Gasteiger charge is -2.26. The van der Waals surface area contributed by atoms with Crippen LogP contribution in [0.3, 0.4) is 0 Å². The predicted octanol–water partition coefficient (Wildman–Crippen LogP) is 2.43. The number of amidine groups is 1. The molecule has 0 bridgehead atoms. The first-order valence-electron chi connectivity index (χ1n) is 7.60. The number of carbonyl (C=O) groups excluding carboxylic acids is 1. The van der Waals surface area contributed by atoms with Crippen LogP contribution in [0.15, 0.2) is 35.3 Å². The third kappa shape index (κ3) is 3.79. The average molecular weight is 303 g/mol. The molecule has 1 aromatic carbocycles. The molecule has 1 atom stereocenters. The van der Waals surface area contributed by atoms with Gasteiger partial charge in [0.05, 0.1) is 18.3 Å². The molecule has 0 aromatic heterocycles. The lowest BCUT2D eigenvalue weighted by molar-refractivity contribution is -0.130. The third-order valence-electron chi connectivity index (χ3n) is 3.93. The molecule has 1 fully saturated rings. The van der Waals surface area contributed by atoms with Gasteiger partial charge >= 0.3 is 0 Å². The Morgan fingerprint density at radius 2 is 2.00 bits per heavy atom. The SMILES string of the molecule is O=C(CNC1=NCC(c2ccccc2)S1)N1CCCCC1.